The van der Waals surface area contributed by atoms with Crippen molar-refractivity contribution >= 4 is 49.8 Å². The van der Waals surface area contributed by atoms with Gasteiger partial charge in [-0.15, -0.1) is 10.2 Å². The van der Waals surface area contributed by atoms with Crippen molar-refractivity contribution in [3.05, 3.63) is 18.2 Å². The minimum atomic E-state index is -3.71. The molecule has 176 valence electrons. The van der Waals surface area contributed by atoms with Crippen molar-refractivity contribution in [2.24, 2.45) is 0 Å². The summed E-state index contributed by atoms with van der Waals surface area (Å²) in [5.74, 6) is 0.189. The van der Waals surface area contributed by atoms with Crippen LogP contribution in [-0.2, 0) is 14.8 Å². The maximum atomic E-state index is 13.2. The summed E-state index contributed by atoms with van der Waals surface area (Å²) >= 11 is 2.69. The third-order valence-corrected chi connectivity index (χ3v) is 8.65. The summed E-state index contributed by atoms with van der Waals surface area (Å²) in [5, 5.41) is 14.8. The maximum absolute atomic E-state index is 13.2. The van der Waals surface area contributed by atoms with Crippen molar-refractivity contribution in [3.8, 4) is 5.75 Å². The Bertz CT molecular complexity index is 1010. The Kier molecular flexibility index (Phi) is 9.14. The predicted octanol–water partition coefficient (Wildman–Crippen LogP) is 3.66. The molecule has 0 aliphatic carbocycles. The first-order chi connectivity index (χ1) is 15.4. The zero-order valence-electron chi connectivity index (χ0n) is 18.3. The molecule has 1 aliphatic heterocycles. The number of sulfonamides is 1. The SMILES string of the molecule is CCCNc1nnc(SCC(=O)Nc2ccc(OCC)c(S(=O)(=O)N3CCCCC3)c2)s1. The average Bonchev–Trinajstić information content (AvgIpc) is 3.26. The van der Waals surface area contributed by atoms with Crippen LogP contribution in [0.5, 0.6) is 5.75 Å². The zero-order chi connectivity index (χ0) is 23.0. The van der Waals surface area contributed by atoms with Crippen LogP contribution in [0.4, 0.5) is 10.8 Å². The Morgan fingerprint density at radius 1 is 1.22 bits per heavy atom. The molecule has 2 aromatic rings. The molecule has 0 bridgehead atoms. The van der Waals surface area contributed by atoms with Crippen molar-refractivity contribution < 1.29 is 17.9 Å². The van der Waals surface area contributed by atoms with E-state index >= 15 is 0 Å². The molecule has 1 aromatic carbocycles. The van der Waals surface area contributed by atoms with E-state index in [1.807, 2.05) is 0 Å². The highest BCUT2D eigenvalue weighted by atomic mass is 32.2. The number of aromatic nitrogens is 2. The molecule has 2 heterocycles. The molecule has 12 heteroatoms. The normalized spacial score (nSPS) is 14.8. The molecule has 1 fully saturated rings. The number of piperidine rings is 1. The fraction of sp³-hybridized carbons (Fsp3) is 0.550. The fourth-order valence-electron chi connectivity index (χ4n) is 3.20. The highest BCUT2D eigenvalue weighted by Crippen LogP contribution is 2.32. The number of thioether (sulfide) groups is 1. The quantitative estimate of drug-likeness (QED) is 0.450. The molecule has 1 aliphatic rings. The summed E-state index contributed by atoms with van der Waals surface area (Å²) in [6.07, 6.45) is 3.71. The second-order valence-corrected chi connectivity index (χ2v) is 11.3. The van der Waals surface area contributed by atoms with Crippen LogP contribution in [0.3, 0.4) is 0 Å². The number of amides is 1. The number of anilines is 2. The number of rotatable bonds is 11. The van der Waals surface area contributed by atoms with Crippen LogP contribution in [0.15, 0.2) is 27.4 Å². The highest BCUT2D eigenvalue weighted by molar-refractivity contribution is 8.01. The van der Waals surface area contributed by atoms with Gasteiger partial charge < -0.3 is 15.4 Å². The summed E-state index contributed by atoms with van der Waals surface area (Å²) in [7, 11) is -3.71. The van der Waals surface area contributed by atoms with Gasteiger partial charge in [-0.05, 0) is 44.4 Å². The summed E-state index contributed by atoms with van der Waals surface area (Å²) in [4.78, 5) is 12.5. The third kappa shape index (κ3) is 6.56. The molecule has 9 nitrogen and oxygen atoms in total. The van der Waals surface area contributed by atoms with Crippen molar-refractivity contribution in [2.75, 3.05) is 42.6 Å². The number of carbonyl (C=O) groups is 1. The van der Waals surface area contributed by atoms with Crippen LogP contribution >= 0.6 is 23.1 Å². The number of ether oxygens (including phenoxy) is 1. The molecule has 3 rings (SSSR count). The fourth-order valence-corrected chi connectivity index (χ4v) is 6.45. The second-order valence-electron chi connectivity index (χ2n) is 7.20. The lowest BCUT2D eigenvalue weighted by molar-refractivity contribution is -0.113. The van der Waals surface area contributed by atoms with E-state index in [1.165, 1.54) is 33.5 Å². The largest absolute Gasteiger partial charge is 0.492 e. The van der Waals surface area contributed by atoms with Crippen LogP contribution < -0.4 is 15.4 Å². The number of benzene rings is 1. The minimum absolute atomic E-state index is 0.0856. The number of nitrogens with zero attached hydrogens (tertiary/aromatic N) is 3. The smallest absolute Gasteiger partial charge is 0.246 e. The summed E-state index contributed by atoms with van der Waals surface area (Å²) < 4.78 is 34.2. The van der Waals surface area contributed by atoms with Gasteiger partial charge in [0.1, 0.15) is 10.6 Å². The van der Waals surface area contributed by atoms with E-state index in [-0.39, 0.29) is 16.6 Å². The average molecular weight is 500 g/mol. The van der Waals surface area contributed by atoms with Gasteiger partial charge in [-0.1, -0.05) is 36.4 Å². The lowest BCUT2D eigenvalue weighted by Crippen LogP contribution is -2.35. The van der Waals surface area contributed by atoms with Gasteiger partial charge in [0.25, 0.3) is 0 Å². The zero-order valence-corrected chi connectivity index (χ0v) is 20.7. The van der Waals surface area contributed by atoms with Crippen molar-refractivity contribution in [1.29, 1.82) is 0 Å². The molecule has 0 unspecified atom stereocenters. The van der Waals surface area contributed by atoms with Crippen molar-refractivity contribution in [2.45, 2.75) is 48.8 Å². The van der Waals surface area contributed by atoms with E-state index in [2.05, 4.69) is 27.8 Å². The van der Waals surface area contributed by atoms with Crippen molar-refractivity contribution in [3.63, 3.8) is 0 Å². The lowest BCUT2D eigenvalue weighted by Gasteiger charge is -2.27. The van der Waals surface area contributed by atoms with Gasteiger partial charge in [0.2, 0.25) is 21.1 Å². The van der Waals surface area contributed by atoms with Crippen LogP contribution in [0.1, 0.15) is 39.5 Å². The predicted molar refractivity (Wildman–Crippen MR) is 128 cm³/mol. The van der Waals surface area contributed by atoms with Gasteiger partial charge in [-0.25, -0.2) is 8.42 Å². The molecule has 2 N–H and O–H groups in total. The molecule has 0 atom stereocenters. The van der Waals surface area contributed by atoms with E-state index in [1.54, 1.807) is 19.1 Å². The number of nitrogens with one attached hydrogen (secondary N) is 2. The van der Waals surface area contributed by atoms with Gasteiger partial charge >= 0.3 is 0 Å². The molecule has 0 radical (unpaired) electrons. The van der Waals surface area contributed by atoms with Gasteiger partial charge in [-0.3, -0.25) is 4.79 Å². The van der Waals surface area contributed by atoms with Crippen LogP contribution in [0, 0.1) is 0 Å². The third-order valence-electron chi connectivity index (χ3n) is 4.72. The van der Waals surface area contributed by atoms with Gasteiger partial charge in [0.05, 0.1) is 12.4 Å². The van der Waals surface area contributed by atoms with Crippen molar-refractivity contribution in [1.82, 2.24) is 14.5 Å². The monoisotopic (exact) mass is 499 g/mol. The summed E-state index contributed by atoms with van der Waals surface area (Å²) in [6, 6.07) is 4.73. The molecule has 1 aromatic heterocycles. The van der Waals surface area contributed by atoms with E-state index in [0.717, 1.165) is 37.4 Å². The Balaban J connectivity index is 1.67. The van der Waals surface area contributed by atoms with Crippen LogP contribution in [-0.4, -0.2) is 60.8 Å². The Labute approximate surface area is 197 Å². The van der Waals surface area contributed by atoms with Gasteiger partial charge in [0, 0.05) is 25.3 Å². The first-order valence-corrected chi connectivity index (χ1v) is 13.9. The summed E-state index contributed by atoms with van der Waals surface area (Å²) in [6.45, 7) is 6.04. The Morgan fingerprint density at radius 3 is 2.72 bits per heavy atom. The molecular weight excluding hydrogens is 470 g/mol. The number of hydrogen-bond donors (Lipinski definition) is 2. The molecule has 0 spiro atoms. The first kappa shape index (κ1) is 24.7. The Hall–Kier alpha value is -1.89. The van der Waals surface area contributed by atoms with Crippen LogP contribution in [0.2, 0.25) is 0 Å². The lowest BCUT2D eigenvalue weighted by atomic mass is 10.2. The highest BCUT2D eigenvalue weighted by Gasteiger charge is 2.29. The van der Waals surface area contributed by atoms with E-state index in [9.17, 15) is 13.2 Å². The Morgan fingerprint density at radius 2 is 2.00 bits per heavy atom. The van der Waals surface area contributed by atoms with E-state index in [0.29, 0.717) is 35.5 Å². The molecule has 32 heavy (non-hydrogen) atoms. The van der Waals surface area contributed by atoms with Gasteiger partial charge in [0.15, 0.2) is 4.34 Å². The molecule has 1 saturated heterocycles. The first-order valence-electron chi connectivity index (χ1n) is 10.7. The molecule has 0 saturated carbocycles. The molecular formula is C20H29N5O4S3. The second kappa shape index (κ2) is 11.8. The maximum Gasteiger partial charge on any atom is 0.246 e. The standard InChI is InChI=1S/C20H29N5O4S3/c1-3-10-21-19-23-24-20(31-19)30-14-18(26)22-15-8-9-16(29-4-2)17(13-15)32(27,28)25-11-6-5-7-12-25/h8-9,13H,3-7,10-12,14H2,1-2H3,(H,21,23)(H,22,26). The topological polar surface area (TPSA) is 114 Å². The van der Waals surface area contributed by atoms with E-state index in [4.69, 9.17) is 4.74 Å². The van der Waals surface area contributed by atoms with Crippen LogP contribution in [0.25, 0.3) is 0 Å². The van der Waals surface area contributed by atoms with Gasteiger partial charge in [-0.2, -0.15) is 4.31 Å². The summed E-state index contributed by atoms with van der Waals surface area (Å²) in [5.41, 5.74) is 0.414. The number of carbonyl (C=O) groups excluding carboxylic acids is 1. The minimum Gasteiger partial charge on any atom is -0.492 e. The molecule has 1 amide bonds. The number of hydrogen-bond acceptors (Lipinski definition) is 9. The van der Waals surface area contributed by atoms with E-state index < -0.39 is 10.0 Å².